The van der Waals surface area contributed by atoms with E-state index < -0.39 is 0 Å². The number of nitrogens with two attached hydrogens (primary N) is 1. The summed E-state index contributed by atoms with van der Waals surface area (Å²) in [4.78, 5) is 14.5. The summed E-state index contributed by atoms with van der Waals surface area (Å²) in [5, 5.41) is 3.04. The Morgan fingerprint density at radius 3 is 2.76 bits per heavy atom. The Morgan fingerprint density at radius 1 is 1.43 bits per heavy atom. The highest BCUT2D eigenvalue weighted by molar-refractivity contribution is 5.95. The molecule has 0 aromatic heterocycles. The second-order valence-electron chi connectivity index (χ2n) is 5.46. The summed E-state index contributed by atoms with van der Waals surface area (Å²) in [6.07, 6.45) is 0. The fourth-order valence-electron chi connectivity index (χ4n) is 2.49. The van der Waals surface area contributed by atoms with E-state index in [1.165, 1.54) is 0 Å². The molecule has 4 N–H and O–H groups in total. The molecular formula is C15H24N4O2. The zero-order valence-corrected chi connectivity index (χ0v) is 12.7. The number of nitrogens with one attached hydrogen (secondary N) is 2. The first-order valence-corrected chi connectivity index (χ1v) is 7.28. The smallest absolute Gasteiger partial charge is 0.251 e. The molecule has 0 saturated carbocycles. The molecule has 1 atom stereocenters. The molecule has 1 unspecified atom stereocenters. The van der Waals surface area contributed by atoms with Crippen LogP contribution in [-0.4, -0.2) is 49.7 Å². The molecule has 1 aliphatic heterocycles. The highest BCUT2D eigenvalue weighted by Gasteiger charge is 2.16. The number of hydrogen-bond acceptors (Lipinski definition) is 5. The van der Waals surface area contributed by atoms with Crippen LogP contribution in [0, 0.1) is 6.92 Å². The molecule has 0 radical (unpaired) electrons. The normalized spacial score (nSPS) is 17.3. The number of hydrazine groups is 1. The Balaban J connectivity index is 1.89. The fourth-order valence-corrected chi connectivity index (χ4v) is 2.49. The molecule has 116 valence electrons. The minimum Gasteiger partial charge on any atom is -0.379 e. The number of rotatable bonds is 5. The maximum atomic E-state index is 12.2. The van der Waals surface area contributed by atoms with Gasteiger partial charge in [-0.3, -0.25) is 15.5 Å². The Labute approximate surface area is 125 Å². The third-order valence-electron chi connectivity index (χ3n) is 3.66. The van der Waals surface area contributed by atoms with Gasteiger partial charge < -0.3 is 15.5 Å². The van der Waals surface area contributed by atoms with Crippen LogP contribution in [0.3, 0.4) is 0 Å². The topological polar surface area (TPSA) is 79.6 Å². The first-order valence-electron chi connectivity index (χ1n) is 7.28. The number of nitrogen functional groups attached to an aromatic ring is 1. The first kappa shape index (κ1) is 15.8. The van der Waals surface area contributed by atoms with E-state index >= 15 is 0 Å². The van der Waals surface area contributed by atoms with E-state index in [0.29, 0.717) is 5.56 Å². The van der Waals surface area contributed by atoms with Crippen molar-refractivity contribution in [2.75, 3.05) is 38.3 Å². The maximum Gasteiger partial charge on any atom is 0.251 e. The van der Waals surface area contributed by atoms with E-state index in [-0.39, 0.29) is 11.9 Å². The minimum atomic E-state index is -0.0533. The monoisotopic (exact) mass is 292 g/mol. The average Bonchev–Trinajstić information content (AvgIpc) is 2.48. The van der Waals surface area contributed by atoms with Crippen LogP contribution in [0.25, 0.3) is 0 Å². The number of carbonyl (C=O) groups excluding carboxylic acids is 1. The van der Waals surface area contributed by atoms with Crippen LogP contribution in [-0.2, 0) is 4.74 Å². The summed E-state index contributed by atoms with van der Waals surface area (Å²) in [5.74, 6) is 5.34. The molecule has 1 amide bonds. The molecule has 1 aromatic rings. The molecule has 1 aromatic carbocycles. The standard InChI is InChI=1S/C15H24N4O2/c1-11-9-13(3-4-14(11)18-16)15(20)17-12(2)10-19-5-7-21-8-6-19/h3-4,9,12,18H,5-8,10,16H2,1-2H3,(H,17,20). The van der Waals surface area contributed by atoms with Gasteiger partial charge in [0.2, 0.25) is 0 Å². The molecule has 0 bridgehead atoms. The molecule has 0 spiro atoms. The molecule has 1 heterocycles. The van der Waals surface area contributed by atoms with Gasteiger partial charge in [-0.2, -0.15) is 0 Å². The van der Waals surface area contributed by atoms with Crippen LogP contribution < -0.4 is 16.6 Å². The van der Waals surface area contributed by atoms with Gasteiger partial charge in [0, 0.05) is 31.2 Å². The van der Waals surface area contributed by atoms with Crippen molar-refractivity contribution in [3.63, 3.8) is 0 Å². The Morgan fingerprint density at radius 2 is 2.14 bits per heavy atom. The number of carbonyl (C=O) groups is 1. The van der Waals surface area contributed by atoms with Gasteiger partial charge in [0.15, 0.2) is 0 Å². The van der Waals surface area contributed by atoms with Crippen molar-refractivity contribution in [1.29, 1.82) is 0 Å². The van der Waals surface area contributed by atoms with Crippen LogP contribution in [0.5, 0.6) is 0 Å². The highest BCUT2D eigenvalue weighted by Crippen LogP contribution is 2.15. The molecule has 0 aliphatic carbocycles. The van der Waals surface area contributed by atoms with Gasteiger partial charge in [0.25, 0.3) is 5.91 Å². The largest absolute Gasteiger partial charge is 0.379 e. The molecule has 1 fully saturated rings. The van der Waals surface area contributed by atoms with Gasteiger partial charge in [-0.25, -0.2) is 0 Å². The van der Waals surface area contributed by atoms with Gasteiger partial charge in [0.05, 0.1) is 18.9 Å². The van der Waals surface area contributed by atoms with E-state index in [1.54, 1.807) is 6.07 Å². The Hall–Kier alpha value is -1.63. The number of benzene rings is 1. The summed E-state index contributed by atoms with van der Waals surface area (Å²) in [6.45, 7) is 8.18. The Kier molecular flexibility index (Phi) is 5.55. The molecule has 1 saturated heterocycles. The first-order chi connectivity index (χ1) is 10.1. The number of morpholine rings is 1. The van der Waals surface area contributed by atoms with Crippen LogP contribution >= 0.6 is 0 Å². The summed E-state index contributed by atoms with van der Waals surface area (Å²) < 4.78 is 5.32. The van der Waals surface area contributed by atoms with Crippen LogP contribution in [0.15, 0.2) is 18.2 Å². The van der Waals surface area contributed by atoms with Crippen LogP contribution in [0.2, 0.25) is 0 Å². The predicted octanol–water partition coefficient (Wildman–Crippen LogP) is 0.731. The lowest BCUT2D eigenvalue weighted by Crippen LogP contribution is -2.46. The second kappa shape index (κ2) is 7.40. The molecule has 6 heteroatoms. The summed E-state index contributed by atoms with van der Waals surface area (Å²) in [7, 11) is 0. The third-order valence-corrected chi connectivity index (χ3v) is 3.66. The van der Waals surface area contributed by atoms with E-state index in [0.717, 1.165) is 44.1 Å². The molecular weight excluding hydrogens is 268 g/mol. The number of hydrogen-bond donors (Lipinski definition) is 3. The fraction of sp³-hybridized carbons (Fsp3) is 0.533. The van der Waals surface area contributed by atoms with Crippen molar-refractivity contribution in [2.24, 2.45) is 5.84 Å². The van der Waals surface area contributed by atoms with Crippen LogP contribution in [0.4, 0.5) is 5.69 Å². The van der Waals surface area contributed by atoms with E-state index in [1.807, 2.05) is 26.0 Å². The summed E-state index contributed by atoms with van der Waals surface area (Å²) in [5.41, 5.74) is 5.04. The number of anilines is 1. The van der Waals surface area contributed by atoms with Gasteiger partial charge in [-0.05, 0) is 37.6 Å². The lowest BCUT2D eigenvalue weighted by Gasteiger charge is -2.29. The average molecular weight is 292 g/mol. The quantitative estimate of drug-likeness (QED) is 0.551. The van der Waals surface area contributed by atoms with Gasteiger partial charge in [0.1, 0.15) is 0 Å². The zero-order chi connectivity index (χ0) is 15.2. The van der Waals surface area contributed by atoms with Crippen molar-refractivity contribution < 1.29 is 9.53 Å². The molecule has 2 rings (SSSR count). The predicted molar refractivity (Wildman–Crippen MR) is 83.2 cm³/mol. The van der Waals surface area contributed by atoms with E-state index in [2.05, 4.69) is 15.6 Å². The summed E-state index contributed by atoms with van der Waals surface area (Å²) >= 11 is 0. The van der Waals surface area contributed by atoms with Crippen molar-refractivity contribution in [1.82, 2.24) is 10.2 Å². The maximum absolute atomic E-state index is 12.2. The minimum absolute atomic E-state index is 0.0533. The molecule has 21 heavy (non-hydrogen) atoms. The zero-order valence-electron chi connectivity index (χ0n) is 12.7. The van der Waals surface area contributed by atoms with Crippen LogP contribution in [0.1, 0.15) is 22.8 Å². The second-order valence-corrected chi connectivity index (χ2v) is 5.46. The van der Waals surface area contributed by atoms with Gasteiger partial charge >= 0.3 is 0 Å². The lowest BCUT2D eigenvalue weighted by atomic mass is 10.1. The van der Waals surface area contributed by atoms with Crippen molar-refractivity contribution in [3.05, 3.63) is 29.3 Å². The number of amides is 1. The molecule has 6 nitrogen and oxygen atoms in total. The number of nitrogens with zero attached hydrogens (tertiary/aromatic N) is 1. The SMILES string of the molecule is Cc1cc(C(=O)NC(C)CN2CCOCC2)ccc1NN. The lowest BCUT2D eigenvalue weighted by molar-refractivity contribution is 0.0342. The van der Waals surface area contributed by atoms with Gasteiger partial charge in [-0.15, -0.1) is 0 Å². The van der Waals surface area contributed by atoms with Gasteiger partial charge in [-0.1, -0.05) is 0 Å². The number of ether oxygens (including phenoxy) is 1. The third kappa shape index (κ3) is 4.42. The molecule has 1 aliphatic rings. The van der Waals surface area contributed by atoms with E-state index in [4.69, 9.17) is 10.6 Å². The van der Waals surface area contributed by atoms with Crippen molar-refractivity contribution >= 4 is 11.6 Å². The highest BCUT2D eigenvalue weighted by atomic mass is 16.5. The van der Waals surface area contributed by atoms with Crippen molar-refractivity contribution in [3.8, 4) is 0 Å². The Bertz CT molecular complexity index is 487. The van der Waals surface area contributed by atoms with E-state index in [9.17, 15) is 4.79 Å². The van der Waals surface area contributed by atoms with Crippen molar-refractivity contribution in [2.45, 2.75) is 19.9 Å². The summed E-state index contributed by atoms with van der Waals surface area (Å²) in [6, 6.07) is 5.53. The number of aryl methyl sites for hydroxylation is 1.